The highest BCUT2D eigenvalue weighted by atomic mass is 35.5. The lowest BCUT2D eigenvalue weighted by Gasteiger charge is -2.19. The number of nitrogens with one attached hydrogen (secondary N) is 1. The quantitative estimate of drug-likeness (QED) is 0.366. The number of hydrogen-bond acceptors (Lipinski definition) is 7. The minimum absolute atomic E-state index is 0.385. The van der Waals surface area contributed by atoms with Crippen LogP contribution in [-0.4, -0.2) is 32.2 Å². The minimum Gasteiger partial charge on any atom is -0.496 e. The summed E-state index contributed by atoms with van der Waals surface area (Å²) in [5, 5.41) is 14.5. The van der Waals surface area contributed by atoms with Crippen LogP contribution < -0.4 is 10.1 Å². The molecule has 4 rings (SSSR count). The summed E-state index contributed by atoms with van der Waals surface area (Å²) in [6.07, 6.45) is 2.30. The molecule has 0 radical (unpaired) electrons. The zero-order chi connectivity index (χ0) is 24.3. The molecule has 34 heavy (non-hydrogen) atoms. The fraction of sp³-hybridized carbons (Fsp3) is 0.231. The molecule has 2 aromatic carbocycles. The Morgan fingerprint density at radius 1 is 1.00 bits per heavy atom. The first-order valence-corrected chi connectivity index (χ1v) is 11.2. The Labute approximate surface area is 203 Å². The second-order valence-corrected chi connectivity index (χ2v) is 8.90. The monoisotopic (exact) mass is 475 g/mol. The van der Waals surface area contributed by atoms with Crippen LogP contribution in [0.2, 0.25) is 5.02 Å². The van der Waals surface area contributed by atoms with Crippen molar-refractivity contribution in [1.82, 2.24) is 19.9 Å². The smallest absolute Gasteiger partial charge is 0.227 e. The van der Waals surface area contributed by atoms with Crippen molar-refractivity contribution in [3.8, 4) is 17.0 Å². The summed E-state index contributed by atoms with van der Waals surface area (Å²) in [7, 11) is 1.62. The van der Waals surface area contributed by atoms with Crippen molar-refractivity contribution in [3.63, 3.8) is 0 Å². The van der Waals surface area contributed by atoms with Gasteiger partial charge in [-0.15, -0.1) is 0 Å². The summed E-state index contributed by atoms with van der Waals surface area (Å²) in [6, 6.07) is 17.0. The number of hydrogen-bond donors (Lipinski definition) is 2. The SMILES string of the molecule is COc1cc(Nc2nc(Cc3ccc(Cl)cc3)cc(C(C)(C)O)n2)ccc1-c1ccnc(C)n1. The first-order valence-electron chi connectivity index (χ1n) is 10.8. The van der Waals surface area contributed by atoms with E-state index in [0.29, 0.717) is 34.7 Å². The predicted octanol–water partition coefficient (Wildman–Crippen LogP) is 5.47. The third kappa shape index (κ3) is 5.68. The van der Waals surface area contributed by atoms with Crippen LogP contribution in [0.3, 0.4) is 0 Å². The van der Waals surface area contributed by atoms with Crippen LogP contribution in [-0.2, 0) is 12.0 Å². The molecule has 0 aliphatic heterocycles. The Morgan fingerprint density at radius 2 is 1.76 bits per heavy atom. The van der Waals surface area contributed by atoms with Crippen molar-refractivity contribution in [1.29, 1.82) is 0 Å². The van der Waals surface area contributed by atoms with Crippen molar-refractivity contribution < 1.29 is 9.84 Å². The zero-order valence-electron chi connectivity index (χ0n) is 19.5. The van der Waals surface area contributed by atoms with E-state index in [0.717, 1.165) is 28.2 Å². The van der Waals surface area contributed by atoms with Gasteiger partial charge in [0.25, 0.3) is 0 Å². The first kappa shape index (κ1) is 23.6. The summed E-state index contributed by atoms with van der Waals surface area (Å²) < 4.78 is 5.62. The molecule has 8 heteroatoms. The summed E-state index contributed by atoms with van der Waals surface area (Å²) in [5.41, 5.74) is 3.61. The molecule has 0 saturated carbocycles. The van der Waals surface area contributed by atoms with Crippen molar-refractivity contribution in [2.45, 2.75) is 32.8 Å². The normalized spacial score (nSPS) is 11.4. The van der Waals surface area contributed by atoms with Crippen LogP contribution in [0.15, 0.2) is 60.8 Å². The topological polar surface area (TPSA) is 93.0 Å². The van der Waals surface area contributed by atoms with Crippen LogP contribution >= 0.6 is 11.6 Å². The highest BCUT2D eigenvalue weighted by molar-refractivity contribution is 6.30. The molecule has 0 aliphatic rings. The fourth-order valence-electron chi connectivity index (χ4n) is 3.48. The molecule has 0 bridgehead atoms. The zero-order valence-corrected chi connectivity index (χ0v) is 20.3. The van der Waals surface area contributed by atoms with Gasteiger partial charge in [-0.3, -0.25) is 0 Å². The molecule has 2 aromatic heterocycles. The van der Waals surface area contributed by atoms with E-state index >= 15 is 0 Å². The third-order valence-corrected chi connectivity index (χ3v) is 5.47. The Bertz CT molecular complexity index is 1300. The fourth-order valence-corrected chi connectivity index (χ4v) is 3.61. The van der Waals surface area contributed by atoms with Gasteiger partial charge in [-0.2, -0.15) is 0 Å². The van der Waals surface area contributed by atoms with E-state index in [1.807, 2.05) is 61.5 Å². The number of rotatable bonds is 7. The predicted molar refractivity (Wildman–Crippen MR) is 134 cm³/mol. The summed E-state index contributed by atoms with van der Waals surface area (Å²) in [5.74, 6) is 1.73. The number of benzene rings is 2. The van der Waals surface area contributed by atoms with Crippen LogP contribution in [0.4, 0.5) is 11.6 Å². The Hall–Kier alpha value is -3.55. The van der Waals surface area contributed by atoms with Gasteiger partial charge in [0.1, 0.15) is 17.2 Å². The van der Waals surface area contributed by atoms with Crippen molar-refractivity contribution in [3.05, 3.63) is 88.6 Å². The Balaban J connectivity index is 1.66. The van der Waals surface area contributed by atoms with Gasteiger partial charge in [0.05, 0.1) is 24.2 Å². The number of aryl methyl sites for hydroxylation is 1. The van der Waals surface area contributed by atoms with E-state index in [2.05, 4.69) is 25.3 Å². The molecule has 2 heterocycles. The average Bonchev–Trinajstić information content (AvgIpc) is 2.80. The summed E-state index contributed by atoms with van der Waals surface area (Å²) >= 11 is 6.01. The van der Waals surface area contributed by atoms with Gasteiger partial charge in [0, 0.05) is 35.0 Å². The largest absolute Gasteiger partial charge is 0.496 e. The van der Waals surface area contributed by atoms with E-state index < -0.39 is 5.60 Å². The molecule has 0 spiro atoms. The van der Waals surface area contributed by atoms with Crippen LogP contribution in [0.1, 0.15) is 36.6 Å². The van der Waals surface area contributed by atoms with Gasteiger partial charge >= 0.3 is 0 Å². The number of anilines is 2. The van der Waals surface area contributed by atoms with Gasteiger partial charge in [-0.25, -0.2) is 19.9 Å². The third-order valence-electron chi connectivity index (χ3n) is 5.21. The van der Waals surface area contributed by atoms with Crippen molar-refractivity contribution >= 4 is 23.2 Å². The van der Waals surface area contributed by atoms with Gasteiger partial charge < -0.3 is 15.2 Å². The maximum absolute atomic E-state index is 10.6. The second-order valence-electron chi connectivity index (χ2n) is 8.46. The van der Waals surface area contributed by atoms with Gasteiger partial charge in [-0.1, -0.05) is 23.7 Å². The molecule has 0 amide bonds. The second kappa shape index (κ2) is 9.75. The molecule has 174 valence electrons. The molecule has 0 unspecified atom stereocenters. The molecule has 0 fully saturated rings. The van der Waals surface area contributed by atoms with Crippen LogP contribution in [0.25, 0.3) is 11.3 Å². The van der Waals surface area contributed by atoms with E-state index in [4.69, 9.17) is 16.3 Å². The number of aliphatic hydroxyl groups is 1. The molecular formula is C26H26ClN5O2. The molecule has 0 aliphatic carbocycles. The highest BCUT2D eigenvalue weighted by Gasteiger charge is 2.20. The summed E-state index contributed by atoms with van der Waals surface area (Å²) in [4.78, 5) is 17.9. The maximum atomic E-state index is 10.6. The van der Waals surface area contributed by atoms with Crippen molar-refractivity contribution in [2.75, 3.05) is 12.4 Å². The van der Waals surface area contributed by atoms with E-state index in [9.17, 15) is 5.11 Å². The molecule has 4 aromatic rings. The average molecular weight is 476 g/mol. The maximum Gasteiger partial charge on any atom is 0.227 e. The van der Waals surface area contributed by atoms with Gasteiger partial charge in [0.15, 0.2) is 0 Å². The van der Waals surface area contributed by atoms with Gasteiger partial charge in [0.2, 0.25) is 5.95 Å². The minimum atomic E-state index is -1.12. The lowest BCUT2D eigenvalue weighted by molar-refractivity contribution is 0.0737. The highest BCUT2D eigenvalue weighted by Crippen LogP contribution is 2.32. The summed E-state index contributed by atoms with van der Waals surface area (Å²) in [6.45, 7) is 5.25. The number of halogens is 1. The van der Waals surface area contributed by atoms with E-state index in [-0.39, 0.29) is 0 Å². The van der Waals surface area contributed by atoms with E-state index in [1.165, 1.54) is 0 Å². The van der Waals surface area contributed by atoms with Crippen LogP contribution in [0.5, 0.6) is 5.75 Å². The number of ether oxygens (including phenoxy) is 1. The number of aromatic nitrogens is 4. The first-order chi connectivity index (χ1) is 16.2. The number of nitrogens with zero attached hydrogens (tertiary/aromatic N) is 4. The van der Waals surface area contributed by atoms with Crippen LogP contribution in [0, 0.1) is 6.92 Å². The standard InChI is InChI=1S/C26H26ClN5O2/c1-16-28-12-11-22(29-16)21-10-9-19(14-23(21)34-4)30-25-31-20(15-24(32-25)26(2,3)33)13-17-5-7-18(27)8-6-17/h5-12,14-15,33H,13H2,1-4H3,(H,30,31,32). The molecule has 2 N–H and O–H groups in total. The van der Waals surface area contributed by atoms with Crippen molar-refractivity contribution in [2.24, 2.45) is 0 Å². The lowest BCUT2D eigenvalue weighted by Crippen LogP contribution is -2.19. The van der Waals surface area contributed by atoms with Gasteiger partial charge in [-0.05, 0) is 62.7 Å². The molecular weight excluding hydrogens is 450 g/mol. The lowest BCUT2D eigenvalue weighted by atomic mass is 10.0. The Morgan fingerprint density at radius 3 is 2.44 bits per heavy atom. The molecule has 7 nitrogen and oxygen atoms in total. The Kier molecular flexibility index (Phi) is 6.77. The van der Waals surface area contributed by atoms with E-state index in [1.54, 1.807) is 27.2 Å². The molecule has 0 saturated heterocycles. The molecule has 0 atom stereocenters. The number of methoxy groups -OCH3 is 1.